The highest BCUT2D eigenvalue weighted by atomic mass is 16.2. The number of anilines is 1. The lowest BCUT2D eigenvalue weighted by atomic mass is 9.77. The Hall–Kier alpha value is -4.46. The van der Waals surface area contributed by atoms with Gasteiger partial charge < -0.3 is 9.88 Å². The van der Waals surface area contributed by atoms with Crippen molar-refractivity contribution in [2.45, 2.75) is 32.7 Å². The van der Waals surface area contributed by atoms with Crippen molar-refractivity contribution < 1.29 is 4.79 Å². The summed E-state index contributed by atoms with van der Waals surface area (Å²) in [6.07, 6.45) is 5.12. The maximum atomic E-state index is 13.1. The Kier molecular flexibility index (Phi) is 4.70. The van der Waals surface area contributed by atoms with Crippen molar-refractivity contribution in [1.82, 2.24) is 29.5 Å². The lowest BCUT2D eigenvalue weighted by Crippen LogP contribution is -2.32. The minimum absolute atomic E-state index is 0.0411. The summed E-state index contributed by atoms with van der Waals surface area (Å²) >= 11 is 0. The van der Waals surface area contributed by atoms with E-state index in [0.29, 0.717) is 23.6 Å². The Balaban J connectivity index is 1.54. The van der Waals surface area contributed by atoms with Crippen LogP contribution in [0.4, 0.5) is 5.69 Å². The van der Waals surface area contributed by atoms with Gasteiger partial charge in [-0.2, -0.15) is 0 Å². The average Bonchev–Trinajstić information content (AvgIpc) is 3.40. The minimum Gasteiger partial charge on any atom is -0.325 e. The van der Waals surface area contributed by atoms with E-state index in [-0.39, 0.29) is 5.91 Å². The highest BCUT2D eigenvalue weighted by Gasteiger charge is 2.44. The van der Waals surface area contributed by atoms with Crippen molar-refractivity contribution in [3.8, 4) is 22.6 Å². The zero-order valence-corrected chi connectivity index (χ0v) is 19.6. The number of aryl methyl sites for hydroxylation is 2. The standard InChI is InChI=1S/C27H23N7O/c1-4-34-24(18-13-28-16(2)29-14-18)33-23-22(30-15-31-25(23)34)17-10-11-21-20(12-17)27(3,26(35)32-21)19-8-6-5-7-9-19/h5-15H,4H2,1-3H3,(H,32,35)/t27-/m0/s1. The molecule has 0 saturated carbocycles. The van der Waals surface area contributed by atoms with Gasteiger partial charge in [0, 0.05) is 30.2 Å². The maximum Gasteiger partial charge on any atom is 0.239 e. The van der Waals surface area contributed by atoms with Crippen molar-refractivity contribution in [2.24, 2.45) is 0 Å². The van der Waals surface area contributed by atoms with Gasteiger partial charge in [0.1, 0.15) is 29.2 Å². The molecule has 0 aliphatic carbocycles. The summed E-state index contributed by atoms with van der Waals surface area (Å²) in [7, 11) is 0. The van der Waals surface area contributed by atoms with Crippen LogP contribution in [0.15, 0.2) is 67.3 Å². The van der Waals surface area contributed by atoms with E-state index in [4.69, 9.17) is 4.98 Å². The summed E-state index contributed by atoms with van der Waals surface area (Å²) in [5.41, 5.74) is 5.73. The average molecular weight is 462 g/mol. The second-order valence-corrected chi connectivity index (χ2v) is 8.80. The maximum absolute atomic E-state index is 13.1. The molecule has 4 heterocycles. The number of carbonyl (C=O) groups excluding carboxylic acids is 1. The summed E-state index contributed by atoms with van der Waals surface area (Å²) in [6.45, 7) is 6.56. The quantitative estimate of drug-likeness (QED) is 0.422. The molecule has 0 unspecified atom stereocenters. The Morgan fingerprint density at radius 2 is 1.74 bits per heavy atom. The Morgan fingerprint density at radius 1 is 0.971 bits per heavy atom. The molecule has 3 aromatic heterocycles. The molecule has 1 aliphatic rings. The van der Waals surface area contributed by atoms with Crippen molar-refractivity contribution in [2.75, 3.05) is 5.32 Å². The van der Waals surface area contributed by atoms with Crippen LogP contribution in [0.25, 0.3) is 33.8 Å². The number of nitrogens with one attached hydrogen (secondary N) is 1. The zero-order valence-electron chi connectivity index (χ0n) is 19.6. The molecule has 0 radical (unpaired) electrons. The van der Waals surface area contributed by atoms with Gasteiger partial charge in [-0.05, 0) is 44.0 Å². The summed E-state index contributed by atoms with van der Waals surface area (Å²) < 4.78 is 2.04. The van der Waals surface area contributed by atoms with E-state index in [2.05, 4.69) is 32.2 Å². The van der Waals surface area contributed by atoms with Crippen LogP contribution in [0, 0.1) is 6.92 Å². The van der Waals surface area contributed by atoms with Gasteiger partial charge >= 0.3 is 0 Å². The molecule has 172 valence electrons. The summed E-state index contributed by atoms with van der Waals surface area (Å²) in [4.78, 5) is 35.9. The van der Waals surface area contributed by atoms with Gasteiger partial charge in [-0.3, -0.25) is 4.79 Å². The number of benzene rings is 2. The number of hydrogen-bond acceptors (Lipinski definition) is 6. The lowest BCUT2D eigenvalue weighted by Gasteiger charge is -2.23. The van der Waals surface area contributed by atoms with Crippen molar-refractivity contribution in [1.29, 1.82) is 0 Å². The van der Waals surface area contributed by atoms with Crippen LogP contribution in [0.5, 0.6) is 0 Å². The van der Waals surface area contributed by atoms with Crippen LogP contribution in [-0.2, 0) is 16.8 Å². The second kappa shape index (κ2) is 7.80. The molecule has 1 N–H and O–H groups in total. The predicted octanol–water partition coefficient (Wildman–Crippen LogP) is 4.54. The molecule has 8 heteroatoms. The molecular formula is C27H23N7O. The molecule has 1 atom stereocenters. The SMILES string of the molecule is CCn1c(-c2cnc(C)nc2)nc2c(-c3ccc4c(c3)[C@](C)(c3ccccc3)C(=O)N4)ncnc21. The number of fused-ring (bicyclic) bond motifs is 2. The fourth-order valence-corrected chi connectivity index (χ4v) is 4.82. The predicted molar refractivity (Wildman–Crippen MR) is 134 cm³/mol. The van der Waals surface area contributed by atoms with E-state index >= 15 is 0 Å². The fourth-order valence-electron chi connectivity index (χ4n) is 4.82. The van der Waals surface area contributed by atoms with Crippen molar-refractivity contribution in [3.63, 3.8) is 0 Å². The first-order chi connectivity index (χ1) is 17.0. The van der Waals surface area contributed by atoms with E-state index < -0.39 is 5.41 Å². The Labute approximate surface area is 202 Å². The van der Waals surface area contributed by atoms with Crippen LogP contribution < -0.4 is 5.32 Å². The van der Waals surface area contributed by atoms with Crippen LogP contribution in [0.1, 0.15) is 30.8 Å². The Morgan fingerprint density at radius 3 is 2.49 bits per heavy atom. The molecule has 2 aromatic carbocycles. The molecule has 35 heavy (non-hydrogen) atoms. The highest BCUT2D eigenvalue weighted by molar-refractivity contribution is 6.09. The number of carbonyl (C=O) groups is 1. The molecule has 1 aliphatic heterocycles. The van der Waals surface area contributed by atoms with Crippen molar-refractivity contribution in [3.05, 3.63) is 84.2 Å². The number of amides is 1. The summed E-state index contributed by atoms with van der Waals surface area (Å²) in [6, 6.07) is 15.8. The number of rotatable bonds is 4. The molecule has 0 fully saturated rings. The fraction of sp³-hybridized carbons (Fsp3) is 0.185. The van der Waals surface area contributed by atoms with Gasteiger partial charge in [-0.1, -0.05) is 36.4 Å². The van der Waals surface area contributed by atoms with Crippen LogP contribution in [0.3, 0.4) is 0 Å². The molecular weight excluding hydrogens is 438 g/mol. The van der Waals surface area contributed by atoms with E-state index in [1.54, 1.807) is 18.7 Å². The normalized spacial score (nSPS) is 16.9. The number of hydrogen-bond donors (Lipinski definition) is 1. The first kappa shape index (κ1) is 21.1. The minimum atomic E-state index is -0.800. The van der Waals surface area contributed by atoms with E-state index in [1.165, 1.54) is 0 Å². The van der Waals surface area contributed by atoms with Gasteiger partial charge in [-0.15, -0.1) is 0 Å². The first-order valence-electron chi connectivity index (χ1n) is 11.5. The molecule has 8 nitrogen and oxygen atoms in total. The van der Waals surface area contributed by atoms with Gasteiger partial charge in [-0.25, -0.2) is 24.9 Å². The van der Waals surface area contributed by atoms with Crippen LogP contribution in [-0.4, -0.2) is 35.4 Å². The van der Waals surface area contributed by atoms with E-state index in [1.807, 2.05) is 66.9 Å². The van der Waals surface area contributed by atoms with E-state index in [9.17, 15) is 4.79 Å². The topological polar surface area (TPSA) is 98.5 Å². The molecule has 6 rings (SSSR count). The lowest BCUT2D eigenvalue weighted by molar-refractivity contribution is -0.119. The molecule has 1 amide bonds. The highest BCUT2D eigenvalue weighted by Crippen LogP contribution is 2.44. The van der Waals surface area contributed by atoms with Gasteiger partial charge in [0.15, 0.2) is 5.65 Å². The van der Waals surface area contributed by atoms with Gasteiger partial charge in [0.2, 0.25) is 5.91 Å². The molecule has 0 saturated heterocycles. The Bertz CT molecular complexity index is 1590. The van der Waals surface area contributed by atoms with Gasteiger partial charge in [0.05, 0.1) is 11.0 Å². The van der Waals surface area contributed by atoms with Crippen LogP contribution in [0.2, 0.25) is 0 Å². The summed E-state index contributed by atoms with van der Waals surface area (Å²) in [5, 5.41) is 3.05. The number of aromatic nitrogens is 6. The second-order valence-electron chi connectivity index (χ2n) is 8.80. The molecule has 0 spiro atoms. The molecule has 5 aromatic rings. The monoisotopic (exact) mass is 461 g/mol. The third kappa shape index (κ3) is 3.13. The smallest absolute Gasteiger partial charge is 0.239 e. The van der Waals surface area contributed by atoms with E-state index in [0.717, 1.165) is 39.4 Å². The summed E-state index contributed by atoms with van der Waals surface area (Å²) in [5.74, 6) is 1.41. The number of nitrogens with zero attached hydrogens (tertiary/aromatic N) is 6. The first-order valence-corrected chi connectivity index (χ1v) is 11.5. The zero-order chi connectivity index (χ0) is 24.2. The largest absolute Gasteiger partial charge is 0.325 e. The van der Waals surface area contributed by atoms with Crippen molar-refractivity contribution >= 4 is 22.8 Å². The number of imidazole rings is 1. The molecule has 0 bridgehead atoms. The third-order valence-corrected chi connectivity index (χ3v) is 6.77. The van der Waals surface area contributed by atoms with Crippen LogP contribution >= 0.6 is 0 Å². The van der Waals surface area contributed by atoms with Gasteiger partial charge in [0.25, 0.3) is 0 Å². The third-order valence-electron chi connectivity index (χ3n) is 6.77.